The molecule has 3 heteroatoms. The number of nitrogens with two attached hydrogens (primary N) is 3. The SMILES string of the molecule is NC1CCCC(N)C1.NC1CCCCC1. The minimum Gasteiger partial charge on any atom is -0.328 e. The topological polar surface area (TPSA) is 78.1 Å². The minimum atomic E-state index is 0.388. The van der Waals surface area contributed by atoms with E-state index in [9.17, 15) is 0 Å². The van der Waals surface area contributed by atoms with Crippen LogP contribution in [0.1, 0.15) is 57.8 Å². The van der Waals surface area contributed by atoms with Crippen molar-refractivity contribution in [3.8, 4) is 0 Å². The molecular weight excluding hydrogens is 186 g/mol. The van der Waals surface area contributed by atoms with Gasteiger partial charge in [0.15, 0.2) is 0 Å². The van der Waals surface area contributed by atoms with Gasteiger partial charge >= 0.3 is 0 Å². The highest BCUT2D eigenvalue weighted by Crippen LogP contribution is 2.15. The zero-order chi connectivity index (χ0) is 11.1. The summed E-state index contributed by atoms with van der Waals surface area (Å²) in [5, 5.41) is 0. The molecule has 0 bridgehead atoms. The average molecular weight is 213 g/mol. The first kappa shape index (κ1) is 12.9. The third kappa shape index (κ3) is 6.13. The molecule has 2 unspecified atom stereocenters. The van der Waals surface area contributed by atoms with Crippen molar-refractivity contribution in [1.29, 1.82) is 0 Å². The second kappa shape index (κ2) is 7.20. The van der Waals surface area contributed by atoms with Gasteiger partial charge in [0.25, 0.3) is 0 Å². The third-order valence-corrected chi connectivity index (χ3v) is 3.41. The lowest BCUT2D eigenvalue weighted by Gasteiger charge is -2.22. The molecule has 90 valence electrons. The first-order chi connectivity index (χ1) is 7.18. The van der Waals surface area contributed by atoms with Crippen molar-refractivity contribution < 1.29 is 0 Å². The smallest absolute Gasteiger partial charge is 0.00535 e. The molecule has 2 atom stereocenters. The summed E-state index contributed by atoms with van der Waals surface area (Å²) in [6.07, 6.45) is 11.3. The average Bonchev–Trinajstić information content (AvgIpc) is 2.19. The molecule has 0 aromatic carbocycles. The second-order valence-corrected chi connectivity index (χ2v) is 5.08. The Bertz CT molecular complexity index is 147. The highest BCUT2D eigenvalue weighted by Gasteiger charge is 2.14. The fraction of sp³-hybridized carbons (Fsp3) is 1.00. The van der Waals surface area contributed by atoms with Gasteiger partial charge in [0.05, 0.1) is 0 Å². The molecule has 0 heterocycles. The van der Waals surface area contributed by atoms with Crippen LogP contribution in [0.3, 0.4) is 0 Å². The summed E-state index contributed by atoms with van der Waals surface area (Å²) in [4.78, 5) is 0. The highest BCUT2D eigenvalue weighted by atomic mass is 14.7. The van der Waals surface area contributed by atoms with E-state index in [1.807, 2.05) is 0 Å². The van der Waals surface area contributed by atoms with E-state index in [1.54, 1.807) is 0 Å². The molecule has 3 nitrogen and oxygen atoms in total. The Labute approximate surface area is 93.8 Å². The van der Waals surface area contributed by atoms with Crippen molar-refractivity contribution in [2.45, 2.75) is 75.9 Å². The van der Waals surface area contributed by atoms with E-state index in [4.69, 9.17) is 17.2 Å². The van der Waals surface area contributed by atoms with Gasteiger partial charge in [0.2, 0.25) is 0 Å². The van der Waals surface area contributed by atoms with Crippen LogP contribution in [-0.4, -0.2) is 18.1 Å². The Morgan fingerprint density at radius 1 is 0.533 bits per heavy atom. The van der Waals surface area contributed by atoms with Crippen molar-refractivity contribution in [3.63, 3.8) is 0 Å². The van der Waals surface area contributed by atoms with Crippen molar-refractivity contribution in [1.82, 2.24) is 0 Å². The molecule has 0 saturated heterocycles. The molecule has 0 aromatic heterocycles. The van der Waals surface area contributed by atoms with Crippen LogP contribution < -0.4 is 17.2 Å². The molecule has 2 saturated carbocycles. The predicted octanol–water partition coefficient (Wildman–Crippen LogP) is 1.49. The van der Waals surface area contributed by atoms with Crippen molar-refractivity contribution >= 4 is 0 Å². The molecule has 0 radical (unpaired) electrons. The molecule has 6 N–H and O–H groups in total. The summed E-state index contributed by atoms with van der Waals surface area (Å²) in [7, 11) is 0. The number of hydrogen-bond acceptors (Lipinski definition) is 3. The Kier molecular flexibility index (Phi) is 6.22. The lowest BCUT2D eigenvalue weighted by Crippen LogP contribution is -2.35. The Balaban J connectivity index is 0.000000151. The largest absolute Gasteiger partial charge is 0.328 e. The van der Waals surface area contributed by atoms with E-state index in [-0.39, 0.29) is 0 Å². The first-order valence-corrected chi connectivity index (χ1v) is 6.45. The number of hydrogen-bond donors (Lipinski definition) is 3. The maximum Gasteiger partial charge on any atom is 0.00535 e. The maximum absolute atomic E-state index is 5.65. The molecular formula is C12H27N3. The van der Waals surface area contributed by atoms with Crippen LogP contribution in [0.5, 0.6) is 0 Å². The molecule has 0 amide bonds. The van der Waals surface area contributed by atoms with Gasteiger partial charge < -0.3 is 17.2 Å². The Morgan fingerprint density at radius 3 is 1.27 bits per heavy atom. The summed E-state index contributed by atoms with van der Waals surface area (Å²) in [5.74, 6) is 0. The molecule has 0 aromatic rings. The van der Waals surface area contributed by atoms with E-state index < -0.39 is 0 Å². The third-order valence-electron chi connectivity index (χ3n) is 3.41. The molecule has 2 aliphatic rings. The van der Waals surface area contributed by atoms with Gasteiger partial charge in [-0.25, -0.2) is 0 Å². The van der Waals surface area contributed by atoms with Crippen molar-refractivity contribution in [3.05, 3.63) is 0 Å². The fourth-order valence-corrected chi connectivity index (χ4v) is 2.40. The Morgan fingerprint density at radius 2 is 1.00 bits per heavy atom. The second-order valence-electron chi connectivity index (χ2n) is 5.08. The zero-order valence-corrected chi connectivity index (χ0v) is 9.83. The van der Waals surface area contributed by atoms with Crippen LogP contribution in [0.2, 0.25) is 0 Å². The van der Waals surface area contributed by atoms with Gasteiger partial charge in [-0.2, -0.15) is 0 Å². The van der Waals surface area contributed by atoms with Crippen LogP contribution in [-0.2, 0) is 0 Å². The summed E-state index contributed by atoms with van der Waals surface area (Å²) in [6, 6.07) is 1.31. The molecule has 0 aliphatic heterocycles. The van der Waals surface area contributed by atoms with Gasteiger partial charge in [0, 0.05) is 18.1 Å². The van der Waals surface area contributed by atoms with Crippen molar-refractivity contribution in [2.24, 2.45) is 17.2 Å². The van der Waals surface area contributed by atoms with Crippen LogP contribution in [0.25, 0.3) is 0 Å². The summed E-state index contributed by atoms with van der Waals surface area (Å²) >= 11 is 0. The molecule has 2 rings (SSSR count). The van der Waals surface area contributed by atoms with Gasteiger partial charge in [-0.1, -0.05) is 25.7 Å². The van der Waals surface area contributed by atoms with E-state index >= 15 is 0 Å². The lowest BCUT2D eigenvalue weighted by molar-refractivity contribution is 0.392. The first-order valence-electron chi connectivity index (χ1n) is 6.45. The summed E-state index contributed by atoms with van der Waals surface area (Å²) < 4.78 is 0. The molecule has 15 heavy (non-hydrogen) atoms. The van der Waals surface area contributed by atoms with Gasteiger partial charge in [-0.3, -0.25) is 0 Å². The number of rotatable bonds is 0. The zero-order valence-electron chi connectivity index (χ0n) is 9.83. The molecule has 2 aliphatic carbocycles. The van der Waals surface area contributed by atoms with Crippen LogP contribution in [0.4, 0.5) is 0 Å². The van der Waals surface area contributed by atoms with Crippen LogP contribution >= 0.6 is 0 Å². The van der Waals surface area contributed by atoms with Crippen LogP contribution in [0, 0.1) is 0 Å². The quantitative estimate of drug-likeness (QED) is 0.570. The maximum atomic E-state index is 5.65. The molecule has 0 spiro atoms. The standard InChI is InChI=1S/C6H14N2.C6H13N/c7-5-2-1-3-6(8)4-5;7-6-4-2-1-3-5-6/h5-6H,1-4,7-8H2;6H,1-5,7H2. The summed E-state index contributed by atoms with van der Waals surface area (Å²) in [6.45, 7) is 0. The van der Waals surface area contributed by atoms with E-state index in [0.717, 1.165) is 6.42 Å². The van der Waals surface area contributed by atoms with Crippen molar-refractivity contribution in [2.75, 3.05) is 0 Å². The van der Waals surface area contributed by atoms with E-state index in [0.29, 0.717) is 18.1 Å². The molecule has 2 fully saturated rings. The predicted molar refractivity (Wildman–Crippen MR) is 65.5 cm³/mol. The van der Waals surface area contributed by atoms with Gasteiger partial charge in [0.1, 0.15) is 0 Å². The monoisotopic (exact) mass is 213 g/mol. The highest BCUT2D eigenvalue weighted by molar-refractivity contribution is 4.76. The normalized spacial score (nSPS) is 33.0. The Hall–Kier alpha value is -0.120. The van der Waals surface area contributed by atoms with E-state index in [1.165, 1.54) is 51.4 Å². The van der Waals surface area contributed by atoms with Gasteiger partial charge in [-0.05, 0) is 32.1 Å². The summed E-state index contributed by atoms with van der Waals surface area (Å²) in [5.41, 5.74) is 16.9. The van der Waals surface area contributed by atoms with Crippen LogP contribution in [0.15, 0.2) is 0 Å². The van der Waals surface area contributed by atoms with E-state index in [2.05, 4.69) is 0 Å². The lowest BCUT2D eigenvalue weighted by atomic mass is 9.92. The fourth-order valence-electron chi connectivity index (χ4n) is 2.40. The minimum absolute atomic E-state index is 0.388. The van der Waals surface area contributed by atoms with Gasteiger partial charge in [-0.15, -0.1) is 0 Å².